The zero-order chi connectivity index (χ0) is 12.6. The first-order chi connectivity index (χ1) is 7.91. The number of anilines is 1. The van der Waals surface area contributed by atoms with E-state index in [1.54, 1.807) is 6.92 Å². The van der Waals surface area contributed by atoms with E-state index in [-0.39, 0.29) is 4.21 Å². The summed E-state index contributed by atoms with van der Waals surface area (Å²) in [6, 6.07) is 0. The first-order valence-corrected chi connectivity index (χ1v) is 7.55. The molecule has 94 valence electrons. The summed E-state index contributed by atoms with van der Waals surface area (Å²) in [6.45, 7) is 4.65. The minimum atomic E-state index is -3.43. The van der Waals surface area contributed by atoms with E-state index in [0.29, 0.717) is 23.9 Å². The summed E-state index contributed by atoms with van der Waals surface area (Å²) in [5.74, 6) is 0. The van der Waals surface area contributed by atoms with Crippen LogP contribution in [0.2, 0.25) is 0 Å². The van der Waals surface area contributed by atoms with Crippen LogP contribution in [0.1, 0.15) is 19.0 Å². The number of sulfonamides is 1. The SMILES string of the molecule is CC1=CCN(S(=O)(=O)c2sc(N)nc2C)CC1. The Kier molecular flexibility index (Phi) is 3.24. The van der Waals surface area contributed by atoms with Crippen molar-refractivity contribution in [2.24, 2.45) is 0 Å². The van der Waals surface area contributed by atoms with E-state index < -0.39 is 10.0 Å². The van der Waals surface area contributed by atoms with Crippen LogP contribution >= 0.6 is 11.3 Å². The minimum absolute atomic E-state index is 0.267. The van der Waals surface area contributed by atoms with Crippen molar-refractivity contribution >= 4 is 26.5 Å². The lowest BCUT2D eigenvalue weighted by molar-refractivity contribution is 0.432. The molecule has 1 aliphatic heterocycles. The molecule has 2 N–H and O–H groups in total. The average molecular weight is 273 g/mol. The smallest absolute Gasteiger partial charge is 0.254 e. The third kappa shape index (κ3) is 2.36. The number of hydrogen-bond donors (Lipinski definition) is 1. The van der Waals surface area contributed by atoms with Crippen molar-refractivity contribution in [2.75, 3.05) is 18.8 Å². The summed E-state index contributed by atoms with van der Waals surface area (Å²) in [4.78, 5) is 3.96. The Labute approximate surface area is 105 Å². The van der Waals surface area contributed by atoms with E-state index in [4.69, 9.17) is 5.73 Å². The Balaban J connectivity index is 2.34. The van der Waals surface area contributed by atoms with Gasteiger partial charge in [0.1, 0.15) is 0 Å². The second-order valence-corrected chi connectivity index (χ2v) is 7.25. The molecule has 0 aliphatic carbocycles. The van der Waals surface area contributed by atoms with Gasteiger partial charge in [-0.3, -0.25) is 0 Å². The molecule has 0 atom stereocenters. The van der Waals surface area contributed by atoms with Gasteiger partial charge in [-0.05, 0) is 20.3 Å². The van der Waals surface area contributed by atoms with E-state index in [2.05, 4.69) is 4.98 Å². The first kappa shape index (κ1) is 12.5. The van der Waals surface area contributed by atoms with Crippen molar-refractivity contribution in [3.05, 3.63) is 17.3 Å². The maximum Gasteiger partial charge on any atom is 0.254 e. The third-order valence-corrected chi connectivity index (χ3v) is 6.18. The molecule has 0 bridgehead atoms. The number of aryl methyl sites for hydroxylation is 1. The topological polar surface area (TPSA) is 76.3 Å². The number of hydrogen-bond acceptors (Lipinski definition) is 5. The highest BCUT2D eigenvalue weighted by Gasteiger charge is 2.29. The van der Waals surface area contributed by atoms with Crippen LogP contribution in [0.3, 0.4) is 0 Å². The van der Waals surface area contributed by atoms with Gasteiger partial charge in [0.15, 0.2) is 9.34 Å². The molecule has 0 saturated heterocycles. The fourth-order valence-corrected chi connectivity index (χ4v) is 4.54. The molecule has 7 heteroatoms. The zero-order valence-electron chi connectivity index (χ0n) is 9.80. The Morgan fingerprint density at radius 3 is 2.65 bits per heavy atom. The summed E-state index contributed by atoms with van der Waals surface area (Å²) in [6.07, 6.45) is 2.73. The van der Waals surface area contributed by atoms with Crippen molar-refractivity contribution in [3.63, 3.8) is 0 Å². The van der Waals surface area contributed by atoms with E-state index >= 15 is 0 Å². The standard InChI is InChI=1S/C10H15N3O2S2/c1-7-3-5-13(6-4-7)17(14,15)9-8(2)12-10(11)16-9/h3H,4-6H2,1-2H3,(H2,11,12). The Bertz CT molecular complexity index is 560. The Hall–Kier alpha value is -0.920. The second kappa shape index (κ2) is 4.40. The summed E-state index contributed by atoms with van der Waals surface area (Å²) in [5.41, 5.74) is 7.26. The third-order valence-electron chi connectivity index (χ3n) is 2.74. The normalized spacial score (nSPS) is 18.1. The van der Waals surface area contributed by atoms with Gasteiger partial charge < -0.3 is 5.73 Å². The maximum atomic E-state index is 12.3. The van der Waals surface area contributed by atoms with Crippen LogP contribution in [0.25, 0.3) is 0 Å². The quantitative estimate of drug-likeness (QED) is 0.826. The van der Waals surface area contributed by atoms with Gasteiger partial charge in [-0.15, -0.1) is 0 Å². The van der Waals surface area contributed by atoms with Crippen LogP contribution < -0.4 is 5.73 Å². The second-order valence-electron chi connectivity index (χ2n) is 4.09. The fraction of sp³-hybridized carbons (Fsp3) is 0.500. The predicted molar refractivity (Wildman–Crippen MR) is 68.4 cm³/mol. The molecule has 0 radical (unpaired) electrons. The molecule has 0 fully saturated rings. The van der Waals surface area contributed by atoms with Crippen LogP contribution in [0.15, 0.2) is 15.9 Å². The molecule has 0 amide bonds. The summed E-state index contributed by atoms with van der Waals surface area (Å²) >= 11 is 1.03. The number of nitrogens with zero attached hydrogens (tertiary/aromatic N) is 2. The molecule has 2 rings (SSSR count). The van der Waals surface area contributed by atoms with Gasteiger partial charge in [0.05, 0.1) is 5.69 Å². The first-order valence-electron chi connectivity index (χ1n) is 5.30. The van der Waals surface area contributed by atoms with E-state index in [0.717, 1.165) is 17.8 Å². The number of aromatic nitrogens is 1. The van der Waals surface area contributed by atoms with Gasteiger partial charge in [-0.25, -0.2) is 13.4 Å². The number of nitrogens with two attached hydrogens (primary N) is 1. The van der Waals surface area contributed by atoms with Crippen LogP contribution in [0.4, 0.5) is 5.13 Å². The summed E-state index contributed by atoms with van der Waals surface area (Å²) < 4.78 is 26.4. The lowest BCUT2D eigenvalue weighted by atomic mass is 10.1. The van der Waals surface area contributed by atoms with Crippen molar-refractivity contribution in [2.45, 2.75) is 24.5 Å². The van der Waals surface area contributed by atoms with E-state index in [1.165, 1.54) is 9.88 Å². The monoisotopic (exact) mass is 273 g/mol. The molecule has 0 aromatic carbocycles. The van der Waals surface area contributed by atoms with Gasteiger partial charge in [-0.1, -0.05) is 23.0 Å². The highest BCUT2D eigenvalue weighted by Crippen LogP contribution is 2.29. The van der Waals surface area contributed by atoms with Crippen molar-refractivity contribution < 1.29 is 8.42 Å². The highest BCUT2D eigenvalue weighted by atomic mass is 32.2. The summed E-state index contributed by atoms with van der Waals surface area (Å²) in [7, 11) is -3.43. The molecule has 2 heterocycles. The lowest BCUT2D eigenvalue weighted by Crippen LogP contribution is -2.34. The lowest BCUT2D eigenvalue weighted by Gasteiger charge is -2.24. The number of rotatable bonds is 2. The van der Waals surface area contributed by atoms with E-state index in [1.807, 2.05) is 13.0 Å². The molecule has 0 spiro atoms. The van der Waals surface area contributed by atoms with Crippen molar-refractivity contribution in [1.82, 2.24) is 9.29 Å². The predicted octanol–water partition coefficient (Wildman–Crippen LogP) is 1.37. The Morgan fingerprint density at radius 1 is 1.47 bits per heavy atom. The van der Waals surface area contributed by atoms with Crippen molar-refractivity contribution in [3.8, 4) is 0 Å². The van der Waals surface area contributed by atoms with Crippen LogP contribution in [0, 0.1) is 6.92 Å². The zero-order valence-corrected chi connectivity index (χ0v) is 11.4. The molecule has 1 aliphatic rings. The van der Waals surface area contributed by atoms with Gasteiger partial charge >= 0.3 is 0 Å². The molecule has 0 unspecified atom stereocenters. The van der Waals surface area contributed by atoms with Crippen molar-refractivity contribution in [1.29, 1.82) is 0 Å². The van der Waals surface area contributed by atoms with Gasteiger partial charge in [-0.2, -0.15) is 4.31 Å². The van der Waals surface area contributed by atoms with Gasteiger partial charge in [0, 0.05) is 13.1 Å². The fourth-order valence-electron chi connectivity index (χ4n) is 1.73. The van der Waals surface area contributed by atoms with E-state index in [9.17, 15) is 8.42 Å². The molecule has 0 saturated carbocycles. The highest BCUT2D eigenvalue weighted by molar-refractivity contribution is 7.91. The van der Waals surface area contributed by atoms with Crippen LogP contribution in [-0.2, 0) is 10.0 Å². The molecule has 1 aromatic rings. The average Bonchev–Trinajstić information content (AvgIpc) is 2.59. The molecule has 1 aromatic heterocycles. The summed E-state index contributed by atoms with van der Waals surface area (Å²) in [5, 5.41) is 0.296. The minimum Gasteiger partial charge on any atom is -0.375 e. The largest absolute Gasteiger partial charge is 0.375 e. The molecule has 17 heavy (non-hydrogen) atoms. The maximum absolute atomic E-state index is 12.3. The molecule has 5 nitrogen and oxygen atoms in total. The van der Waals surface area contributed by atoms with Crippen LogP contribution in [-0.4, -0.2) is 30.8 Å². The van der Waals surface area contributed by atoms with Crippen LogP contribution in [0.5, 0.6) is 0 Å². The number of nitrogen functional groups attached to an aromatic ring is 1. The Morgan fingerprint density at radius 2 is 2.18 bits per heavy atom. The van der Waals surface area contributed by atoms with Gasteiger partial charge in [0.2, 0.25) is 0 Å². The number of thiazole rings is 1. The molecular weight excluding hydrogens is 258 g/mol. The van der Waals surface area contributed by atoms with Gasteiger partial charge in [0.25, 0.3) is 10.0 Å². The molecular formula is C10H15N3O2S2.